The van der Waals surface area contributed by atoms with Crippen LogP contribution in [0.5, 0.6) is 0 Å². The highest BCUT2D eigenvalue weighted by atomic mass is 127. The molecule has 9 heteroatoms. The van der Waals surface area contributed by atoms with Crippen LogP contribution in [0.1, 0.15) is 0 Å². The molecule has 0 radical (unpaired) electrons. The van der Waals surface area contributed by atoms with Gasteiger partial charge in [0.05, 0.1) is 25.5 Å². The van der Waals surface area contributed by atoms with Crippen LogP contribution in [0.4, 0.5) is 0 Å². The molecule has 0 aliphatic carbocycles. The molecule has 0 spiro atoms. The summed E-state index contributed by atoms with van der Waals surface area (Å²) in [5, 5.41) is 0. The van der Waals surface area contributed by atoms with E-state index in [9.17, 15) is 8.42 Å². The number of hydrogen-bond donors (Lipinski definition) is 1. The number of nitrogens with two attached hydrogens (primary N) is 1. The molecule has 0 aromatic rings. The molecule has 114 valence electrons. The fourth-order valence-corrected chi connectivity index (χ4v) is 2.75. The van der Waals surface area contributed by atoms with Gasteiger partial charge >= 0.3 is 0 Å². The molecule has 1 aliphatic heterocycles. The first-order valence-electron chi connectivity index (χ1n) is 5.87. The van der Waals surface area contributed by atoms with Crippen molar-refractivity contribution in [3.05, 3.63) is 0 Å². The molecule has 1 rings (SSSR count). The summed E-state index contributed by atoms with van der Waals surface area (Å²) in [6, 6.07) is 0. The maximum absolute atomic E-state index is 10.8. The van der Waals surface area contributed by atoms with Crippen molar-refractivity contribution in [2.45, 2.75) is 0 Å². The van der Waals surface area contributed by atoms with Crippen LogP contribution in [0.25, 0.3) is 0 Å². The summed E-state index contributed by atoms with van der Waals surface area (Å²) in [6.45, 7) is 2.97. The van der Waals surface area contributed by atoms with E-state index in [4.69, 9.17) is 10.5 Å². The van der Waals surface area contributed by atoms with Crippen molar-refractivity contribution in [1.82, 2.24) is 4.90 Å². The average Bonchev–Trinajstić information content (AvgIpc) is 2.33. The van der Waals surface area contributed by atoms with Crippen LogP contribution < -0.4 is 5.73 Å². The summed E-state index contributed by atoms with van der Waals surface area (Å²) >= 11 is 1.92. The van der Waals surface area contributed by atoms with Gasteiger partial charge in [0.2, 0.25) is 0 Å². The third kappa shape index (κ3) is 9.74. The first-order chi connectivity index (χ1) is 8.49. The van der Waals surface area contributed by atoms with Crippen molar-refractivity contribution in [2.24, 2.45) is 10.7 Å². The third-order valence-electron chi connectivity index (χ3n) is 2.44. The fourth-order valence-electron chi connectivity index (χ4n) is 1.43. The molecule has 6 nitrogen and oxygen atoms in total. The van der Waals surface area contributed by atoms with Crippen LogP contribution in [0, 0.1) is 0 Å². The highest BCUT2D eigenvalue weighted by Crippen LogP contribution is 2.08. The minimum atomic E-state index is -2.94. The first-order valence-corrected chi connectivity index (χ1v) is 9.08. The van der Waals surface area contributed by atoms with E-state index in [0.717, 1.165) is 24.6 Å². The summed E-state index contributed by atoms with van der Waals surface area (Å²) < 4.78 is 26.9. The zero-order valence-electron chi connectivity index (χ0n) is 11.1. The molecule has 1 saturated heterocycles. The van der Waals surface area contributed by atoms with Crippen molar-refractivity contribution in [1.29, 1.82) is 0 Å². The molecule has 0 unspecified atom stereocenters. The molecule has 0 bridgehead atoms. The Morgan fingerprint density at radius 3 is 2.58 bits per heavy atom. The zero-order valence-corrected chi connectivity index (χ0v) is 15.0. The fraction of sp³-hybridized carbons (Fsp3) is 0.900. The quantitative estimate of drug-likeness (QED) is 0.281. The normalized spacial score (nSPS) is 17.1. The van der Waals surface area contributed by atoms with Gasteiger partial charge in [0, 0.05) is 30.9 Å². The van der Waals surface area contributed by atoms with Gasteiger partial charge in [-0.2, -0.15) is 11.8 Å². The lowest BCUT2D eigenvalue weighted by atomic mass is 10.5. The Bertz CT molecular complexity index is 370. The molecular formula is C10H22IN3O3S2. The van der Waals surface area contributed by atoms with Gasteiger partial charge in [-0.15, -0.1) is 24.0 Å². The van der Waals surface area contributed by atoms with Crippen molar-refractivity contribution in [3.63, 3.8) is 0 Å². The number of halogens is 1. The van der Waals surface area contributed by atoms with E-state index < -0.39 is 9.84 Å². The Labute approximate surface area is 136 Å². The number of rotatable bonds is 6. The van der Waals surface area contributed by atoms with E-state index in [0.29, 0.717) is 19.1 Å². The molecule has 0 saturated carbocycles. The number of ether oxygens (including phenoxy) is 1. The van der Waals surface area contributed by atoms with Crippen LogP contribution in [-0.4, -0.2) is 75.6 Å². The van der Waals surface area contributed by atoms with Crippen LogP contribution in [0.3, 0.4) is 0 Å². The minimum Gasteiger partial charge on any atom is -0.378 e. The van der Waals surface area contributed by atoms with E-state index in [1.54, 1.807) is 0 Å². The lowest BCUT2D eigenvalue weighted by molar-refractivity contribution is 0.157. The predicted molar refractivity (Wildman–Crippen MR) is 91.3 cm³/mol. The predicted octanol–water partition coefficient (Wildman–Crippen LogP) is 0.0291. The number of guanidine groups is 1. The smallest absolute Gasteiger partial charge is 0.191 e. The van der Waals surface area contributed by atoms with Crippen molar-refractivity contribution in [2.75, 3.05) is 56.4 Å². The van der Waals surface area contributed by atoms with Gasteiger partial charge in [0.15, 0.2) is 5.96 Å². The second-order valence-corrected chi connectivity index (χ2v) is 7.57. The summed E-state index contributed by atoms with van der Waals surface area (Å²) in [4.78, 5) is 6.28. The van der Waals surface area contributed by atoms with E-state index >= 15 is 0 Å². The van der Waals surface area contributed by atoms with Gasteiger partial charge in [0.25, 0.3) is 0 Å². The molecule has 0 aromatic heterocycles. The van der Waals surface area contributed by atoms with Gasteiger partial charge in [-0.25, -0.2) is 8.42 Å². The Hall–Kier alpha value is 0.260. The standard InChI is InChI=1S/C10H21N3O3S2.HI/c1-18(14,15)9-6-16-5-2-12-10(11)13-3-7-17-8-4-13;/h2-9H2,1H3,(H2,11,12);1H. The van der Waals surface area contributed by atoms with E-state index in [2.05, 4.69) is 9.89 Å². The van der Waals surface area contributed by atoms with Gasteiger partial charge in [-0.05, 0) is 0 Å². The lowest BCUT2D eigenvalue weighted by Crippen LogP contribution is -2.42. The number of hydrogen-bond acceptors (Lipinski definition) is 5. The maximum atomic E-state index is 10.8. The van der Waals surface area contributed by atoms with Crippen molar-refractivity contribution >= 4 is 51.5 Å². The topological polar surface area (TPSA) is 85.0 Å². The molecule has 1 aliphatic rings. The Morgan fingerprint density at radius 2 is 2.00 bits per heavy atom. The van der Waals surface area contributed by atoms with Crippen molar-refractivity contribution < 1.29 is 13.2 Å². The van der Waals surface area contributed by atoms with Crippen molar-refractivity contribution in [3.8, 4) is 0 Å². The van der Waals surface area contributed by atoms with Crippen LogP contribution in [-0.2, 0) is 14.6 Å². The molecule has 1 fully saturated rings. The first kappa shape index (κ1) is 19.3. The van der Waals surface area contributed by atoms with Crippen LogP contribution in [0.15, 0.2) is 4.99 Å². The summed E-state index contributed by atoms with van der Waals surface area (Å²) in [6.07, 6.45) is 1.20. The number of thioether (sulfide) groups is 1. The summed E-state index contributed by atoms with van der Waals surface area (Å²) in [5.74, 6) is 2.78. The molecule has 1 heterocycles. The van der Waals surface area contributed by atoms with Crippen LogP contribution in [0.2, 0.25) is 0 Å². The number of sulfone groups is 1. The molecule has 0 atom stereocenters. The molecule has 0 aromatic carbocycles. The van der Waals surface area contributed by atoms with Gasteiger partial charge < -0.3 is 15.4 Å². The maximum Gasteiger partial charge on any atom is 0.191 e. The van der Waals surface area contributed by atoms with Gasteiger partial charge in [0.1, 0.15) is 9.84 Å². The van der Waals surface area contributed by atoms with E-state index in [1.807, 2.05) is 11.8 Å². The van der Waals surface area contributed by atoms with E-state index in [-0.39, 0.29) is 36.3 Å². The highest BCUT2D eigenvalue weighted by molar-refractivity contribution is 14.0. The molecular weight excluding hydrogens is 401 g/mol. The van der Waals surface area contributed by atoms with Crippen LogP contribution >= 0.6 is 35.7 Å². The highest BCUT2D eigenvalue weighted by Gasteiger charge is 2.11. The Kier molecular flexibility index (Phi) is 10.2. The third-order valence-corrected chi connectivity index (χ3v) is 4.29. The second-order valence-electron chi connectivity index (χ2n) is 4.08. The second kappa shape index (κ2) is 10.1. The summed E-state index contributed by atoms with van der Waals surface area (Å²) in [7, 11) is -2.94. The SMILES string of the molecule is CS(=O)(=O)CCOCCN=C(N)N1CCSCC1.I. The number of aliphatic imine (C=N–C) groups is 1. The zero-order chi connectivity index (χ0) is 13.4. The average molecular weight is 423 g/mol. The largest absolute Gasteiger partial charge is 0.378 e. The number of nitrogens with zero attached hydrogens (tertiary/aromatic N) is 2. The Morgan fingerprint density at radius 1 is 1.37 bits per heavy atom. The van der Waals surface area contributed by atoms with Gasteiger partial charge in [-0.1, -0.05) is 0 Å². The molecule has 0 amide bonds. The minimum absolute atomic E-state index is 0. The lowest BCUT2D eigenvalue weighted by Gasteiger charge is -2.27. The molecule has 2 N–H and O–H groups in total. The summed E-state index contributed by atoms with van der Waals surface area (Å²) in [5.41, 5.74) is 5.85. The monoisotopic (exact) mass is 423 g/mol. The Balaban J connectivity index is 0.00000324. The van der Waals surface area contributed by atoms with Gasteiger partial charge in [-0.3, -0.25) is 4.99 Å². The van der Waals surface area contributed by atoms with E-state index in [1.165, 1.54) is 6.26 Å². The molecule has 19 heavy (non-hydrogen) atoms.